The van der Waals surface area contributed by atoms with Gasteiger partial charge in [0, 0.05) is 33.0 Å². The fourth-order valence-electron chi connectivity index (χ4n) is 4.41. The number of rotatable bonds is 5. The first kappa shape index (κ1) is 22.7. The molecule has 3 heterocycles. The van der Waals surface area contributed by atoms with Gasteiger partial charge in [-0.2, -0.15) is 4.31 Å². The SMILES string of the molecule is CN(C1COC2(CCN(C(=O)ON3C(=O)CCC3=O)CC2)C1)S(=O)(=O)Cc1ccccc1. The molecule has 3 saturated heterocycles. The Bertz CT molecular complexity index is 974. The van der Waals surface area contributed by atoms with Crippen LogP contribution in [0, 0.1) is 0 Å². The molecule has 0 radical (unpaired) electrons. The number of hydrogen-bond acceptors (Lipinski definition) is 7. The lowest BCUT2D eigenvalue weighted by Gasteiger charge is -2.38. The maximum absolute atomic E-state index is 12.9. The fourth-order valence-corrected chi connectivity index (χ4v) is 5.81. The predicted octanol–water partition coefficient (Wildman–Crippen LogP) is 1.27. The minimum Gasteiger partial charge on any atom is -0.373 e. The Morgan fingerprint density at radius 3 is 2.41 bits per heavy atom. The highest BCUT2D eigenvalue weighted by Gasteiger charge is 2.47. The summed E-state index contributed by atoms with van der Waals surface area (Å²) in [6.45, 7) is 0.969. The summed E-state index contributed by atoms with van der Waals surface area (Å²) in [5.41, 5.74) is 0.229. The van der Waals surface area contributed by atoms with E-state index in [1.165, 1.54) is 9.21 Å². The number of hydrogen-bond donors (Lipinski definition) is 0. The van der Waals surface area contributed by atoms with E-state index in [1.807, 2.05) is 18.2 Å². The summed E-state index contributed by atoms with van der Waals surface area (Å²) in [4.78, 5) is 42.1. The van der Waals surface area contributed by atoms with E-state index in [9.17, 15) is 22.8 Å². The highest BCUT2D eigenvalue weighted by molar-refractivity contribution is 7.88. The van der Waals surface area contributed by atoms with Gasteiger partial charge in [-0.1, -0.05) is 30.3 Å². The van der Waals surface area contributed by atoms with Crippen LogP contribution < -0.4 is 0 Å². The Morgan fingerprint density at radius 2 is 1.78 bits per heavy atom. The number of imide groups is 1. The molecule has 0 aliphatic carbocycles. The van der Waals surface area contributed by atoms with Crippen LogP contribution in [0.25, 0.3) is 0 Å². The Morgan fingerprint density at radius 1 is 1.16 bits per heavy atom. The van der Waals surface area contributed by atoms with Crippen LogP contribution in [0.15, 0.2) is 30.3 Å². The number of amides is 3. The van der Waals surface area contributed by atoms with Crippen LogP contribution in [0.4, 0.5) is 4.79 Å². The molecular weight excluding hydrogens is 438 g/mol. The van der Waals surface area contributed by atoms with Gasteiger partial charge in [0.2, 0.25) is 10.0 Å². The number of hydroxylamine groups is 2. The van der Waals surface area contributed by atoms with Crippen molar-refractivity contribution in [2.24, 2.45) is 0 Å². The molecule has 0 bridgehead atoms. The zero-order valence-electron chi connectivity index (χ0n) is 17.9. The van der Waals surface area contributed by atoms with Crippen molar-refractivity contribution in [1.29, 1.82) is 0 Å². The van der Waals surface area contributed by atoms with Crippen LogP contribution in [0.3, 0.4) is 0 Å². The van der Waals surface area contributed by atoms with Gasteiger partial charge in [0.15, 0.2) is 0 Å². The molecule has 0 aromatic heterocycles. The van der Waals surface area contributed by atoms with Crippen LogP contribution in [0.5, 0.6) is 0 Å². The van der Waals surface area contributed by atoms with Gasteiger partial charge in [0.25, 0.3) is 11.8 Å². The van der Waals surface area contributed by atoms with Crippen molar-refractivity contribution in [3.63, 3.8) is 0 Å². The largest absolute Gasteiger partial charge is 0.434 e. The lowest BCUT2D eigenvalue weighted by Crippen LogP contribution is -2.49. The summed E-state index contributed by atoms with van der Waals surface area (Å²) in [6, 6.07) is 8.77. The molecule has 1 unspecified atom stereocenters. The molecule has 10 nitrogen and oxygen atoms in total. The molecule has 1 aromatic carbocycles. The zero-order valence-corrected chi connectivity index (χ0v) is 18.8. The molecule has 4 rings (SSSR count). The summed E-state index contributed by atoms with van der Waals surface area (Å²) in [6.07, 6.45) is 0.945. The minimum absolute atomic E-state index is 0.0468. The monoisotopic (exact) mass is 465 g/mol. The molecule has 32 heavy (non-hydrogen) atoms. The summed E-state index contributed by atoms with van der Waals surface area (Å²) >= 11 is 0. The molecule has 1 spiro atoms. The van der Waals surface area contributed by atoms with E-state index >= 15 is 0 Å². The normalized spacial score (nSPS) is 23.4. The molecule has 3 aliphatic heterocycles. The quantitative estimate of drug-likeness (QED) is 0.602. The van der Waals surface area contributed by atoms with Crippen molar-refractivity contribution in [2.75, 3.05) is 26.7 Å². The second-order valence-corrected chi connectivity index (χ2v) is 10.6. The van der Waals surface area contributed by atoms with Gasteiger partial charge in [-0.25, -0.2) is 13.2 Å². The van der Waals surface area contributed by atoms with Crippen LogP contribution in [0.2, 0.25) is 0 Å². The van der Waals surface area contributed by atoms with Gasteiger partial charge in [-0.05, 0) is 24.8 Å². The molecule has 11 heteroatoms. The second-order valence-electron chi connectivity index (χ2n) is 8.54. The maximum atomic E-state index is 12.9. The molecule has 3 aliphatic rings. The van der Waals surface area contributed by atoms with Gasteiger partial charge in [0.05, 0.1) is 24.0 Å². The average Bonchev–Trinajstić information content (AvgIpc) is 3.32. The van der Waals surface area contributed by atoms with Crippen LogP contribution >= 0.6 is 0 Å². The van der Waals surface area contributed by atoms with Crippen LogP contribution in [-0.2, 0) is 34.9 Å². The molecule has 1 atom stereocenters. The summed E-state index contributed by atoms with van der Waals surface area (Å²) in [5.74, 6) is -1.10. The van der Waals surface area contributed by atoms with Gasteiger partial charge in [0.1, 0.15) is 0 Å². The Balaban J connectivity index is 1.31. The van der Waals surface area contributed by atoms with Crippen molar-refractivity contribution < 1.29 is 32.4 Å². The third kappa shape index (κ3) is 4.64. The van der Waals surface area contributed by atoms with E-state index in [4.69, 9.17) is 9.57 Å². The van der Waals surface area contributed by atoms with Crippen molar-refractivity contribution in [2.45, 2.75) is 49.5 Å². The number of nitrogens with zero attached hydrogens (tertiary/aromatic N) is 3. The van der Waals surface area contributed by atoms with Crippen LogP contribution in [-0.4, -0.2) is 79.0 Å². The van der Waals surface area contributed by atoms with Crippen molar-refractivity contribution in [1.82, 2.24) is 14.3 Å². The summed E-state index contributed by atoms with van der Waals surface area (Å²) in [7, 11) is -1.92. The number of ether oxygens (including phenoxy) is 1. The second kappa shape index (κ2) is 8.80. The Labute approximate surface area is 187 Å². The topological polar surface area (TPSA) is 114 Å². The van der Waals surface area contributed by atoms with Crippen molar-refractivity contribution >= 4 is 27.9 Å². The smallest absolute Gasteiger partial charge is 0.373 e. The summed E-state index contributed by atoms with van der Waals surface area (Å²) in [5, 5.41) is 0.543. The highest BCUT2D eigenvalue weighted by Crippen LogP contribution is 2.38. The lowest BCUT2D eigenvalue weighted by atomic mass is 9.87. The number of carbonyl (C=O) groups excluding carboxylic acids is 3. The van der Waals surface area contributed by atoms with E-state index in [0.717, 1.165) is 5.56 Å². The maximum Gasteiger partial charge on any atom is 0.434 e. The summed E-state index contributed by atoms with van der Waals surface area (Å²) < 4.78 is 33.2. The van der Waals surface area contributed by atoms with E-state index in [2.05, 4.69) is 0 Å². The first-order valence-electron chi connectivity index (χ1n) is 10.7. The van der Waals surface area contributed by atoms with Crippen molar-refractivity contribution in [3.8, 4) is 0 Å². The Hall–Kier alpha value is -2.50. The third-order valence-corrected chi connectivity index (χ3v) is 8.32. The molecule has 3 amide bonds. The number of carbonyl (C=O) groups is 3. The third-order valence-electron chi connectivity index (χ3n) is 6.44. The van der Waals surface area contributed by atoms with E-state index in [0.29, 0.717) is 44.0 Å². The van der Waals surface area contributed by atoms with Gasteiger partial charge in [-0.3, -0.25) is 9.59 Å². The van der Waals surface area contributed by atoms with E-state index in [-0.39, 0.29) is 24.6 Å². The van der Waals surface area contributed by atoms with Gasteiger partial charge < -0.3 is 14.5 Å². The molecular formula is C21H27N3O7S. The van der Waals surface area contributed by atoms with E-state index in [1.54, 1.807) is 19.2 Å². The molecule has 0 N–H and O–H groups in total. The molecule has 0 saturated carbocycles. The first-order valence-corrected chi connectivity index (χ1v) is 12.3. The van der Waals surface area contributed by atoms with E-state index < -0.39 is 33.5 Å². The lowest BCUT2D eigenvalue weighted by molar-refractivity contribution is -0.174. The van der Waals surface area contributed by atoms with Crippen molar-refractivity contribution in [3.05, 3.63) is 35.9 Å². The zero-order chi connectivity index (χ0) is 22.9. The van der Waals surface area contributed by atoms with Gasteiger partial charge in [-0.15, -0.1) is 5.06 Å². The number of piperidine rings is 1. The minimum atomic E-state index is -3.50. The number of likely N-dealkylation sites (tertiary alicyclic amines) is 1. The fraction of sp³-hybridized carbons (Fsp3) is 0.571. The number of benzene rings is 1. The molecule has 3 fully saturated rings. The predicted molar refractivity (Wildman–Crippen MR) is 112 cm³/mol. The first-order chi connectivity index (χ1) is 15.2. The number of likely N-dealkylation sites (N-methyl/N-ethyl adjacent to an activating group) is 1. The highest BCUT2D eigenvalue weighted by atomic mass is 32.2. The average molecular weight is 466 g/mol. The van der Waals surface area contributed by atoms with Gasteiger partial charge >= 0.3 is 6.09 Å². The standard InChI is InChI=1S/C21H27N3O7S/c1-22(32(28,29)15-16-5-3-2-4-6-16)17-13-21(30-14-17)9-11-23(12-10-21)20(27)31-24-18(25)7-8-19(24)26/h2-6,17H,7-15H2,1H3. The Kier molecular flexibility index (Phi) is 6.24. The molecule has 174 valence electrons. The number of sulfonamides is 1. The van der Waals surface area contributed by atoms with Crippen LogP contribution in [0.1, 0.15) is 37.7 Å². The molecule has 1 aromatic rings.